The Kier molecular flexibility index (Phi) is 4.86. The van der Waals surface area contributed by atoms with Gasteiger partial charge >= 0.3 is 0 Å². The maximum atomic E-state index is 12.6. The molecule has 0 aromatic heterocycles. The molecule has 0 radical (unpaired) electrons. The molecule has 0 aliphatic carbocycles. The van der Waals surface area contributed by atoms with E-state index in [4.69, 9.17) is 16.3 Å². The average Bonchev–Trinajstić information content (AvgIpc) is 2.45. The van der Waals surface area contributed by atoms with Crippen LogP contribution in [0.15, 0.2) is 18.2 Å². The molecule has 1 aromatic carbocycles. The third-order valence-corrected chi connectivity index (χ3v) is 3.53. The highest BCUT2D eigenvalue weighted by atomic mass is 35.5. The van der Waals surface area contributed by atoms with Crippen LogP contribution in [0.25, 0.3) is 0 Å². The predicted octanol–water partition coefficient (Wildman–Crippen LogP) is 1.60. The Morgan fingerprint density at radius 1 is 1.55 bits per heavy atom. The number of carbonyl (C=O) groups excluding carboxylic acids is 1. The molecule has 1 aliphatic heterocycles. The van der Waals surface area contributed by atoms with Gasteiger partial charge in [-0.05, 0) is 25.1 Å². The minimum absolute atomic E-state index is 0.0947. The zero-order chi connectivity index (χ0) is 14.7. The monoisotopic (exact) mass is 298 g/mol. The van der Waals surface area contributed by atoms with Crippen LogP contribution < -0.4 is 5.32 Å². The first-order valence-electron chi connectivity index (χ1n) is 6.58. The van der Waals surface area contributed by atoms with E-state index in [9.17, 15) is 9.90 Å². The van der Waals surface area contributed by atoms with Gasteiger partial charge in [-0.25, -0.2) is 0 Å². The quantitative estimate of drug-likeness (QED) is 0.890. The summed E-state index contributed by atoms with van der Waals surface area (Å²) in [4.78, 5) is 14.3. The first kappa shape index (κ1) is 15.1. The van der Waals surface area contributed by atoms with Crippen LogP contribution in [0.4, 0.5) is 5.69 Å². The number of halogens is 1. The van der Waals surface area contributed by atoms with E-state index in [1.165, 1.54) is 0 Å². The molecule has 0 spiro atoms. The summed E-state index contributed by atoms with van der Waals surface area (Å²) in [7, 11) is 1.76. The maximum Gasteiger partial charge on any atom is 0.256 e. The van der Waals surface area contributed by atoms with Crippen molar-refractivity contribution in [2.24, 2.45) is 0 Å². The van der Waals surface area contributed by atoms with E-state index in [0.717, 1.165) is 5.69 Å². The van der Waals surface area contributed by atoms with Gasteiger partial charge in [0.25, 0.3) is 5.91 Å². The number of benzene rings is 1. The van der Waals surface area contributed by atoms with E-state index in [2.05, 4.69) is 5.32 Å². The summed E-state index contributed by atoms with van der Waals surface area (Å²) in [6.07, 6.45) is -0.429. The average molecular weight is 299 g/mol. The van der Waals surface area contributed by atoms with E-state index >= 15 is 0 Å². The Balaban J connectivity index is 2.24. The Bertz CT molecular complexity index is 495. The van der Waals surface area contributed by atoms with E-state index in [-0.39, 0.29) is 24.7 Å². The summed E-state index contributed by atoms with van der Waals surface area (Å²) < 4.78 is 5.55. The third kappa shape index (κ3) is 3.23. The van der Waals surface area contributed by atoms with Crippen LogP contribution in [0, 0.1) is 0 Å². The molecule has 1 fully saturated rings. The summed E-state index contributed by atoms with van der Waals surface area (Å²) in [6.45, 7) is 2.68. The number of rotatable bonds is 3. The van der Waals surface area contributed by atoms with Crippen molar-refractivity contribution in [3.63, 3.8) is 0 Å². The van der Waals surface area contributed by atoms with Crippen molar-refractivity contribution in [3.05, 3.63) is 28.8 Å². The Labute approximate surface area is 123 Å². The van der Waals surface area contributed by atoms with Gasteiger partial charge < -0.3 is 20.1 Å². The molecule has 1 aliphatic rings. The zero-order valence-electron chi connectivity index (χ0n) is 11.6. The number of aliphatic hydroxyl groups is 1. The predicted molar refractivity (Wildman–Crippen MR) is 78.3 cm³/mol. The number of ether oxygens (including phenoxy) is 1. The smallest absolute Gasteiger partial charge is 0.256 e. The first-order valence-corrected chi connectivity index (χ1v) is 6.95. The highest BCUT2D eigenvalue weighted by Gasteiger charge is 2.29. The van der Waals surface area contributed by atoms with Gasteiger partial charge in [0, 0.05) is 30.8 Å². The van der Waals surface area contributed by atoms with Crippen molar-refractivity contribution >= 4 is 23.2 Å². The lowest BCUT2D eigenvalue weighted by Crippen LogP contribution is -2.50. The highest BCUT2D eigenvalue weighted by Crippen LogP contribution is 2.23. The van der Waals surface area contributed by atoms with Gasteiger partial charge in [0.15, 0.2) is 0 Å². The first-order chi connectivity index (χ1) is 9.55. The van der Waals surface area contributed by atoms with Crippen LogP contribution in [-0.2, 0) is 4.74 Å². The van der Waals surface area contributed by atoms with Crippen LogP contribution in [0.1, 0.15) is 17.3 Å². The number of nitrogens with one attached hydrogen (secondary N) is 1. The molecule has 1 aromatic rings. The second-order valence-corrected chi connectivity index (χ2v) is 5.34. The minimum atomic E-state index is -0.333. The third-order valence-electron chi connectivity index (χ3n) is 3.30. The Morgan fingerprint density at radius 2 is 2.30 bits per heavy atom. The Morgan fingerprint density at radius 3 is 2.95 bits per heavy atom. The van der Waals surface area contributed by atoms with E-state index in [0.29, 0.717) is 23.7 Å². The van der Waals surface area contributed by atoms with Crippen molar-refractivity contribution in [2.75, 3.05) is 32.1 Å². The summed E-state index contributed by atoms with van der Waals surface area (Å²) in [5.41, 5.74) is 1.27. The molecule has 2 unspecified atom stereocenters. The van der Waals surface area contributed by atoms with Gasteiger partial charge in [-0.3, -0.25) is 4.79 Å². The molecule has 20 heavy (non-hydrogen) atoms. The van der Waals surface area contributed by atoms with Gasteiger partial charge in [0.05, 0.1) is 24.4 Å². The summed E-state index contributed by atoms with van der Waals surface area (Å²) in [5, 5.41) is 12.7. The number of aliphatic hydroxyl groups excluding tert-OH is 1. The van der Waals surface area contributed by atoms with Crippen molar-refractivity contribution in [2.45, 2.75) is 19.1 Å². The molecule has 0 saturated carbocycles. The number of hydrogen-bond donors (Lipinski definition) is 2. The van der Waals surface area contributed by atoms with Crippen LogP contribution >= 0.6 is 11.6 Å². The summed E-state index contributed by atoms with van der Waals surface area (Å²) in [5.74, 6) is -0.106. The fourth-order valence-corrected chi connectivity index (χ4v) is 2.57. The fraction of sp³-hybridized carbons (Fsp3) is 0.500. The number of amides is 1. The molecule has 1 heterocycles. The number of hydrogen-bond acceptors (Lipinski definition) is 4. The van der Waals surface area contributed by atoms with E-state index in [1.54, 1.807) is 30.1 Å². The topological polar surface area (TPSA) is 61.8 Å². The molecule has 110 valence electrons. The van der Waals surface area contributed by atoms with Gasteiger partial charge in [0.1, 0.15) is 0 Å². The van der Waals surface area contributed by atoms with Crippen LogP contribution in [0.2, 0.25) is 5.02 Å². The van der Waals surface area contributed by atoms with E-state index in [1.807, 2.05) is 6.92 Å². The van der Waals surface area contributed by atoms with Crippen LogP contribution in [0.3, 0.4) is 0 Å². The number of carbonyl (C=O) groups is 1. The Hall–Kier alpha value is -1.30. The van der Waals surface area contributed by atoms with Crippen molar-refractivity contribution in [1.29, 1.82) is 0 Å². The van der Waals surface area contributed by atoms with Gasteiger partial charge in [-0.2, -0.15) is 0 Å². The maximum absolute atomic E-state index is 12.6. The molecule has 0 bridgehead atoms. The minimum Gasteiger partial charge on any atom is -0.394 e. The molecule has 2 atom stereocenters. The number of nitrogens with zero attached hydrogens (tertiary/aromatic N) is 1. The second-order valence-electron chi connectivity index (χ2n) is 4.90. The molecule has 2 rings (SSSR count). The SMILES string of the molecule is CNc1ccc(Cl)cc1C(=O)N1CC(C)OC(CO)C1. The van der Waals surface area contributed by atoms with Crippen molar-refractivity contribution in [1.82, 2.24) is 4.90 Å². The van der Waals surface area contributed by atoms with Crippen LogP contribution in [0.5, 0.6) is 0 Å². The molecule has 1 amide bonds. The van der Waals surface area contributed by atoms with Gasteiger partial charge in [0.2, 0.25) is 0 Å². The second kappa shape index (κ2) is 6.43. The largest absolute Gasteiger partial charge is 0.394 e. The molecule has 5 nitrogen and oxygen atoms in total. The summed E-state index contributed by atoms with van der Waals surface area (Å²) >= 11 is 5.98. The molecule has 2 N–H and O–H groups in total. The standard InChI is InChI=1S/C14H19ClN2O3/c1-9-6-17(7-11(8-18)20-9)14(19)12-5-10(15)3-4-13(12)16-2/h3-5,9,11,16,18H,6-8H2,1-2H3. The normalized spacial score (nSPS) is 22.7. The zero-order valence-corrected chi connectivity index (χ0v) is 12.4. The van der Waals surface area contributed by atoms with Gasteiger partial charge in [-0.15, -0.1) is 0 Å². The summed E-state index contributed by atoms with van der Waals surface area (Å²) in [6, 6.07) is 5.18. The number of anilines is 1. The molecule has 6 heteroatoms. The number of morpholine rings is 1. The lowest BCUT2D eigenvalue weighted by Gasteiger charge is -2.36. The van der Waals surface area contributed by atoms with Crippen molar-refractivity contribution < 1.29 is 14.6 Å². The molecular weight excluding hydrogens is 280 g/mol. The highest BCUT2D eigenvalue weighted by molar-refractivity contribution is 6.31. The lowest BCUT2D eigenvalue weighted by atomic mass is 10.1. The van der Waals surface area contributed by atoms with Crippen LogP contribution in [-0.4, -0.2) is 54.9 Å². The van der Waals surface area contributed by atoms with E-state index < -0.39 is 0 Å². The van der Waals surface area contributed by atoms with Crippen molar-refractivity contribution in [3.8, 4) is 0 Å². The fourth-order valence-electron chi connectivity index (χ4n) is 2.39. The molecule has 1 saturated heterocycles. The molecular formula is C14H19ClN2O3. The lowest BCUT2D eigenvalue weighted by molar-refractivity contribution is -0.0858. The van der Waals surface area contributed by atoms with Gasteiger partial charge in [-0.1, -0.05) is 11.6 Å².